The van der Waals surface area contributed by atoms with E-state index < -0.39 is 6.36 Å². The monoisotopic (exact) mass is 323 g/mol. The van der Waals surface area contributed by atoms with Crippen LogP contribution in [0, 0.1) is 0 Å². The first kappa shape index (κ1) is 13.7. The van der Waals surface area contributed by atoms with Crippen molar-refractivity contribution in [2.75, 3.05) is 13.1 Å². The number of rotatable bonds is 3. The zero-order chi connectivity index (χ0) is 13.2. The van der Waals surface area contributed by atoms with Crippen LogP contribution in [0.25, 0.3) is 0 Å². The minimum absolute atomic E-state index is 0.201. The molecule has 0 atom stereocenters. The molecule has 100 valence electrons. The van der Waals surface area contributed by atoms with Crippen molar-refractivity contribution < 1.29 is 17.9 Å². The number of alkyl halides is 3. The summed E-state index contributed by atoms with van der Waals surface area (Å²) in [5.74, 6) is -0.201. The van der Waals surface area contributed by atoms with Gasteiger partial charge in [-0.15, -0.1) is 13.2 Å². The highest BCUT2D eigenvalue weighted by atomic mass is 79.9. The highest BCUT2D eigenvalue weighted by Crippen LogP contribution is 2.31. The first-order valence-electron chi connectivity index (χ1n) is 5.70. The van der Waals surface area contributed by atoms with Crippen molar-refractivity contribution in [3.05, 3.63) is 28.2 Å². The van der Waals surface area contributed by atoms with E-state index in [1.165, 1.54) is 18.9 Å². The SMILES string of the molecule is FC(F)(F)Oc1ccc(CN2CCCC2)cc1Br. The molecule has 0 saturated carbocycles. The summed E-state index contributed by atoms with van der Waals surface area (Å²) in [6.45, 7) is 2.88. The molecule has 0 bridgehead atoms. The van der Waals surface area contributed by atoms with Crippen molar-refractivity contribution in [2.24, 2.45) is 0 Å². The van der Waals surface area contributed by atoms with Crippen molar-refractivity contribution in [1.29, 1.82) is 0 Å². The number of halogens is 4. The van der Waals surface area contributed by atoms with E-state index in [1.54, 1.807) is 12.1 Å². The molecule has 1 heterocycles. The highest BCUT2D eigenvalue weighted by molar-refractivity contribution is 9.10. The normalized spacial score (nSPS) is 17.1. The van der Waals surface area contributed by atoms with E-state index in [4.69, 9.17) is 0 Å². The van der Waals surface area contributed by atoms with Gasteiger partial charge in [-0.1, -0.05) is 6.07 Å². The van der Waals surface area contributed by atoms with Crippen molar-refractivity contribution in [1.82, 2.24) is 4.90 Å². The molecule has 1 aliphatic heterocycles. The molecule has 0 spiro atoms. The Hall–Kier alpha value is -0.750. The summed E-state index contributed by atoms with van der Waals surface area (Å²) in [7, 11) is 0. The fourth-order valence-corrected chi connectivity index (χ4v) is 2.56. The Morgan fingerprint density at radius 2 is 1.89 bits per heavy atom. The van der Waals surface area contributed by atoms with Gasteiger partial charge < -0.3 is 4.74 Å². The average molecular weight is 324 g/mol. The third kappa shape index (κ3) is 3.88. The van der Waals surface area contributed by atoms with Crippen LogP contribution >= 0.6 is 15.9 Å². The van der Waals surface area contributed by atoms with E-state index in [1.807, 2.05) is 0 Å². The summed E-state index contributed by atoms with van der Waals surface area (Å²) in [5, 5.41) is 0. The molecule has 2 rings (SSSR count). The molecule has 0 aliphatic carbocycles. The Kier molecular flexibility index (Phi) is 4.17. The molecule has 18 heavy (non-hydrogen) atoms. The topological polar surface area (TPSA) is 12.5 Å². The fraction of sp³-hybridized carbons (Fsp3) is 0.500. The molecule has 0 radical (unpaired) electrons. The summed E-state index contributed by atoms with van der Waals surface area (Å²) in [4.78, 5) is 2.28. The number of hydrogen-bond donors (Lipinski definition) is 0. The molecule has 0 unspecified atom stereocenters. The van der Waals surface area contributed by atoms with Crippen molar-refractivity contribution in [3.63, 3.8) is 0 Å². The molecule has 1 aromatic rings. The quantitative estimate of drug-likeness (QED) is 0.835. The lowest BCUT2D eigenvalue weighted by molar-refractivity contribution is -0.274. The lowest BCUT2D eigenvalue weighted by atomic mass is 10.2. The van der Waals surface area contributed by atoms with Gasteiger partial charge in [-0.25, -0.2) is 0 Å². The number of nitrogens with zero attached hydrogens (tertiary/aromatic N) is 1. The lowest BCUT2D eigenvalue weighted by Gasteiger charge is -2.16. The van der Waals surface area contributed by atoms with E-state index >= 15 is 0 Å². The molecule has 2 nitrogen and oxygen atoms in total. The fourth-order valence-electron chi connectivity index (χ4n) is 2.05. The van der Waals surface area contributed by atoms with Crippen LogP contribution in [-0.4, -0.2) is 24.4 Å². The third-order valence-electron chi connectivity index (χ3n) is 2.83. The van der Waals surface area contributed by atoms with Gasteiger partial charge in [-0.05, 0) is 59.6 Å². The van der Waals surface area contributed by atoms with Gasteiger partial charge in [-0.3, -0.25) is 4.90 Å². The summed E-state index contributed by atoms with van der Waals surface area (Å²) in [6.07, 6.45) is -2.27. The van der Waals surface area contributed by atoms with Crippen molar-refractivity contribution in [3.8, 4) is 5.75 Å². The largest absolute Gasteiger partial charge is 0.573 e. The van der Waals surface area contributed by atoms with Crippen LogP contribution in [0.1, 0.15) is 18.4 Å². The van der Waals surface area contributed by atoms with Crippen LogP contribution < -0.4 is 4.74 Å². The Labute approximate surface area is 112 Å². The molecule has 1 fully saturated rings. The molecular weight excluding hydrogens is 311 g/mol. The Bertz CT molecular complexity index is 416. The zero-order valence-electron chi connectivity index (χ0n) is 9.63. The van der Waals surface area contributed by atoms with E-state index in [-0.39, 0.29) is 5.75 Å². The first-order chi connectivity index (χ1) is 8.44. The average Bonchev–Trinajstić information content (AvgIpc) is 2.73. The molecule has 0 amide bonds. The Morgan fingerprint density at radius 3 is 2.44 bits per heavy atom. The van der Waals surface area contributed by atoms with E-state index in [2.05, 4.69) is 25.6 Å². The predicted octanol–water partition coefficient (Wildman–Crippen LogP) is 3.94. The van der Waals surface area contributed by atoms with Crippen LogP contribution in [0.4, 0.5) is 13.2 Å². The minimum atomic E-state index is -4.65. The zero-order valence-corrected chi connectivity index (χ0v) is 11.2. The Morgan fingerprint density at radius 1 is 1.22 bits per heavy atom. The van der Waals surface area contributed by atoms with Crippen LogP contribution in [0.5, 0.6) is 5.75 Å². The smallest absolute Gasteiger partial charge is 0.405 e. The van der Waals surface area contributed by atoms with E-state index in [0.717, 1.165) is 25.2 Å². The molecule has 6 heteroatoms. The maximum atomic E-state index is 12.1. The molecular formula is C12H13BrF3NO. The van der Waals surface area contributed by atoms with Crippen LogP contribution in [0.15, 0.2) is 22.7 Å². The van der Waals surface area contributed by atoms with Gasteiger partial charge in [-0.2, -0.15) is 0 Å². The van der Waals surface area contributed by atoms with Gasteiger partial charge in [0.05, 0.1) is 4.47 Å². The second-order valence-corrected chi connectivity index (χ2v) is 5.15. The number of hydrogen-bond acceptors (Lipinski definition) is 2. The third-order valence-corrected chi connectivity index (χ3v) is 3.45. The molecule has 0 N–H and O–H groups in total. The van der Waals surface area contributed by atoms with Gasteiger partial charge in [0, 0.05) is 6.54 Å². The maximum Gasteiger partial charge on any atom is 0.573 e. The molecule has 1 aromatic carbocycles. The highest BCUT2D eigenvalue weighted by Gasteiger charge is 2.31. The summed E-state index contributed by atoms with van der Waals surface area (Å²) in [6, 6.07) is 4.70. The van der Waals surface area contributed by atoms with Crippen LogP contribution in [-0.2, 0) is 6.54 Å². The summed E-state index contributed by atoms with van der Waals surface area (Å²) in [5.41, 5.74) is 0.985. The first-order valence-corrected chi connectivity index (χ1v) is 6.50. The second kappa shape index (κ2) is 5.48. The maximum absolute atomic E-state index is 12.1. The second-order valence-electron chi connectivity index (χ2n) is 4.30. The van der Waals surface area contributed by atoms with Gasteiger partial charge in [0.1, 0.15) is 5.75 Å². The Balaban J connectivity index is 2.04. The standard InChI is InChI=1S/C12H13BrF3NO/c13-10-7-9(8-17-5-1-2-6-17)3-4-11(10)18-12(14,15)16/h3-4,7H,1-2,5-6,8H2. The van der Waals surface area contributed by atoms with Crippen molar-refractivity contribution >= 4 is 15.9 Å². The number of ether oxygens (including phenoxy) is 1. The predicted molar refractivity (Wildman–Crippen MR) is 65.3 cm³/mol. The van der Waals surface area contributed by atoms with Gasteiger partial charge in [0.25, 0.3) is 0 Å². The van der Waals surface area contributed by atoms with E-state index in [0.29, 0.717) is 4.47 Å². The van der Waals surface area contributed by atoms with Crippen LogP contribution in [0.2, 0.25) is 0 Å². The minimum Gasteiger partial charge on any atom is -0.405 e. The molecule has 1 saturated heterocycles. The lowest BCUT2D eigenvalue weighted by Crippen LogP contribution is -2.19. The molecule has 0 aromatic heterocycles. The number of benzene rings is 1. The number of likely N-dealkylation sites (tertiary alicyclic amines) is 1. The summed E-state index contributed by atoms with van der Waals surface area (Å²) >= 11 is 3.11. The van der Waals surface area contributed by atoms with Gasteiger partial charge >= 0.3 is 6.36 Å². The summed E-state index contributed by atoms with van der Waals surface area (Å²) < 4.78 is 40.5. The van der Waals surface area contributed by atoms with E-state index in [9.17, 15) is 13.2 Å². The van der Waals surface area contributed by atoms with Crippen LogP contribution in [0.3, 0.4) is 0 Å². The van der Waals surface area contributed by atoms with Gasteiger partial charge in [0.2, 0.25) is 0 Å². The van der Waals surface area contributed by atoms with Gasteiger partial charge in [0.15, 0.2) is 0 Å². The van der Waals surface area contributed by atoms with Crippen molar-refractivity contribution in [2.45, 2.75) is 25.7 Å². The molecule has 1 aliphatic rings.